The van der Waals surface area contributed by atoms with Crippen LogP contribution in [-0.2, 0) is 40.6 Å². The molecule has 4 aromatic heterocycles. The van der Waals surface area contributed by atoms with Crippen LogP contribution in [0.1, 0.15) is 37.4 Å². The van der Waals surface area contributed by atoms with Gasteiger partial charge in [0.2, 0.25) is 22.8 Å². The number of likely N-dealkylation sites (tertiary alicyclic amines) is 1. The van der Waals surface area contributed by atoms with E-state index < -0.39 is 79.9 Å². The minimum Gasteiger partial charge on any atom is -0.503 e. The smallest absolute Gasteiger partial charge is 0.361 e. The number of hydrogen-bond acceptors (Lipinski definition) is 17. The quantitative estimate of drug-likeness (QED) is 0.0719. The van der Waals surface area contributed by atoms with Gasteiger partial charge in [-0.1, -0.05) is 10.3 Å². The number of aromatic amines is 1. The summed E-state index contributed by atoms with van der Waals surface area (Å²) < 4.78 is 32.5. The number of aryl methyl sites for hydroxylation is 1. The predicted octanol–water partition coefficient (Wildman–Crippen LogP) is -1.10. The summed E-state index contributed by atoms with van der Waals surface area (Å²) in [5, 5.41) is 31.6. The highest BCUT2D eigenvalue weighted by atomic mass is 32.2. The van der Waals surface area contributed by atoms with Gasteiger partial charge >= 0.3 is 11.7 Å². The maximum Gasteiger partial charge on any atom is 0.361 e. The fourth-order valence-corrected chi connectivity index (χ4v) is 6.15. The zero-order valence-corrected chi connectivity index (χ0v) is 27.8. The molecule has 5 heterocycles. The number of hydrogen-bond donors (Lipinski definition) is 4. The Hall–Kier alpha value is -5.97. The number of imide groups is 1. The molecule has 5 N–H and O–H groups in total. The van der Waals surface area contributed by atoms with E-state index in [0.29, 0.717) is 10.7 Å². The third-order valence-electron chi connectivity index (χ3n) is 7.20. The molecule has 23 heteroatoms. The van der Waals surface area contributed by atoms with Crippen molar-refractivity contribution in [2.24, 2.45) is 11.1 Å². The lowest BCUT2D eigenvalue weighted by Crippen LogP contribution is -2.57. The molecule has 5 rings (SSSR count). The van der Waals surface area contributed by atoms with Crippen LogP contribution >= 0.6 is 11.3 Å². The molecule has 0 spiro atoms. The Morgan fingerprint density at radius 3 is 2.54 bits per heavy atom. The van der Waals surface area contributed by atoms with E-state index in [1.165, 1.54) is 25.3 Å². The number of pyridine rings is 1. The van der Waals surface area contributed by atoms with Crippen molar-refractivity contribution in [1.29, 1.82) is 0 Å². The van der Waals surface area contributed by atoms with Crippen LogP contribution in [0.3, 0.4) is 0 Å². The molecule has 264 valence electrons. The van der Waals surface area contributed by atoms with Gasteiger partial charge in [0.05, 0.1) is 18.2 Å². The van der Waals surface area contributed by atoms with Gasteiger partial charge in [-0.2, -0.15) is 0 Å². The van der Waals surface area contributed by atoms with Gasteiger partial charge in [0, 0.05) is 36.7 Å². The van der Waals surface area contributed by atoms with Crippen molar-refractivity contribution < 1.29 is 47.2 Å². The standard InChI is InChI=1S/C27H27N9O12S2/c1-12-4-14(32-47-12)9-35-22(15-6-17(37)19(39)7-29-15)31-36(26(35)44)50(45,46)11-20(40)34-8-13(23(34)41)5-18(38)21(16-10-49-25(28)30-16)33-48-27(2,3)24(42)43/h4,6-7,10,13,39H,5,8-9,11H2,1-3H3,(H2,28,30)(H,29,37)(H,42,43)/b33-21-/t13-/m0/s1. The normalized spacial score (nSPS) is 15.2. The van der Waals surface area contributed by atoms with Crippen molar-refractivity contribution in [2.45, 2.75) is 39.3 Å². The van der Waals surface area contributed by atoms with Crippen LogP contribution in [0.4, 0.5) is 5.13 Å². The van der Waals surface area contributed by atoms with E-state index in [9.17, 15) is 47.4 Å². The Morgan fingerprint density at radius 2 is 1.96 bits per heavy atom. The third kappa shape index (κ3) is 7.07. The highest BCUT2D eigenvalue weighted by molar-refractivity contribution is 7.90. The Bertz CT molecular complexity index is 2290. The van der Waals surface area contributed by atoms with Gasteiger partial charge in [-0.15, -0.1) is 20.5 Å². The number of oxime groups is 1. The van der Waals surface area contributed by atoms with Gasteiger partial charge in [0.25, 0.3) is 10.0 Å². The summed E-state index contributed by atoms with van der Waals surface area (Å²) in [5.74, 6) is -7.41. The van der Waals surface area contributed by atoms with Gasteiger partial charge < -0.3 is 30.3 Å². The van der Waals surface area contributed by atoms with Crippen molar-refractivity contribution in [1.82, 2.24) is 33.8 Å². The number of aromatic nitrogens is 6. The van der Waals surface area contributed by atoms with Crippen LogP contribution in [0.5, 0.6) is 5.75 Å². The molecule has 1 atom stereocenters. The molecule has 4 aromatic rings. The molecule has 0 aliphatic carbocycles. The fraction of sp³-hybridized carbons (Fsp3) is 0.333. The van der Waals surface area contributed by atoms with Gasteiger partial charge in [-0.05, 0) is 20.8 Å². The number of H-pyrrole nitrogens is 1. The van der Waals surface area contributed by atoms with E-state index >= 15 is 0 Å². The number of carboxylic acid groups (broad SMARTS) is 1. The van der Waals surface area contributed by atoms with Crippen LogP contribution in [-0.4, -0.2) is 99.6 Å². The van der Waals surface area contributed by atoms with Crippen molar-refractivity contribution >= 4 is 55.8 Å². The van der Waals surface area contributed by atoms with Crippen LogP contribution in [0, 0.1) is 12.8 Å². The predicted molar refractivity (Wildman–Crippen MR) is 169 cm³/mol. The van der Waals surface area contributed by atoms with Crippen LogP contribution in [0.2, 0.25) is 0 Å². The largest absolute Gasteiger partial charge is 0.503 e. The van der Waals surface area contributed by atoms with Crippen LogP contribution < -0.4 is 16.9 Å². The van der Waals surface area contributed by atoms with Gasteiger partial charge in [0.15, 0.2) is 34.0 Å². The summed E-state index contributed by atoms with van der Waals surface area (Å²) in [5.41, 5.74) is 1.28. The number of nitrogens with one attached hydrogen (secondary N) is 1. The lowest BCUT2D eigenvalue weighted by molar-refractivity contribution is -0.161. The zero-order valence-electron chi connectivity index (χ0n) is 26.2. The summed E-state index contributed by atoms with van der Waals surface area (Å²) in [6, 6.07) is 2.34. The molecule has 0 bridgehead atoms. The van der Waals surface area contributed by atoms with Crippen LogP contribution in [0.25, 0.3) is 11.5 Å². The molecule has 1 saturated heterocycles. The Kier molecular flexibility index (Phi) is 9.29. The van der Waals surface area contributed by atoms with Gasteiger partial charge in [-0.3, -0.25) is 28.6 Å². The molecule has 1 aliphatic heterocycles. The first-order valence-electron chi connectivity index (χ1n) is 14.2. The highest BCUT2D eigenvalue weighted by Crippen LogP contribution is 2.25. The molecular formula is C27H27N9O12S2. The second-order valence-electron chi connectivity index (χ2n) is 11.4. The number of thiazole rings is 1. The summed E-state index contributed by atoms with van der Waals surface area (Å²) >= 11 is 0.962. The molecule has 0 aromatic carbocycles. The summed E-state index contributed by atoms with van der Waals surface area (Å²) in [6.45, 7) is 3.22. The number of nitrogen functional groups attached to an aromatic ring is 1. The molecule has 0 radical (unpaired) electrons. The average Bonchev–Trinajstić information content (AvgIpc) is 3.74. The minimum absolute atomic E-state index is 0.0323. The number of Topliss-reactive ketones (excluding diaryl/α,β-unsaturated/α-hetero) is 1. The van der Waals surface area contributed by atoms with Crippen molar-refractivity contribution in [3.63, 3.8) is 0 Å². The molecular weight excluding hydrogens is 706 g/mol. The first kappa shape index (κ1) is 35.3. The maximum atomic E-state index is 13.4. The van der Waals surface area contributed by atoms with E-state index in [1.54, 1.807) is 6.92 Å². The van der Waals surface area contributed by atoms with Crippen molar-refractivity contribution in [2.75, 3.05) is 18.0 Å². The number of nitrogens with zero attached hydrogens (tertiary/aromatic N) is 7. The molecule has 0 unspecified atom stereocenters. The van der Waals surface area contributed by atoms with E-state index in [1.807, 2.05) is 0 Å². The van der Waals surface area contributed by atoms with Crippen molar-refractivity contribution in [3.05, 3.63) is 61.6 Å². The summed E-state index contributed by atoms with van der Waals surface area (Å²) in [7, 11) is -4.89. The molecule has 0 saturated carbocycles. The number of aliphatic carboxylic acids is 1. The monoisotopic (exact) mass is 733 g/mol. The Balaban J connectivity index is 1.33. The number of aromatic hydroxyl groups is 1. The number of carbonyl (C=O) groups excluding carboxylic acids is 3. The number of β-lactam (4-membered cyclic amide) rings is 1. The van der Waals surface area contributed by atoms with Gasteiger partial charge in [0.1, 0.15) is 17.1 Å². The minimum atomic E-state index is -4.89. The fourth-order valence-electron chi connectivity index (χ4n) is 4.47. The molecule has 1 fully saturated rings. The summed E-state index contributed by atoms with van der Waals surface area (Å²) in [6.07, 6.45) is 0.382. The third-order valence-corrected chi connectivity index (χ3v) is 9.25. The number of carboxylic acids is 1. The topological polar surface area (TPSA) is 305 Å². The molecule has 1 aliphatic rings. The molecule has 2 amide bonds. The number of amides is 2. The number of rotatable bonds is 13. The lowest BCUT2D eigenvalue weighted by atomic mass is 9.91. The number of ketones is 1. The molecule has 50 heavy (non-hydrogen) atoms. The molecule has 21 nitrogen and oxygen atoms in total. The number of carbonyl (C=O) groups is 4. The number of nitrogens with two attached hydrogens (primary N) is 1. The highest BCUT2D eigenvalue weighted by Gasteiger charge is 2.44. The Morgan fingerprint density at radius 1 is 1.24 bits per heavy atom. The zero-order chi connectivity index (χ0) is 36.7. The maximum absolute atomic E-state index is 13.4. The van der Waals surface area contributed by atoms with E-state index in [0.717, 1.165) is 28.2 Å². The van der Waals surface area contributed by atoms with Crippen LogP contribution in [0.15, 0.2) is 43.0 Å². The SMILES string of the molecule is Cc1cc(Cn2c(-c3cc(=O)c(O)c[nH]3)nn(S(=O)(=O)CC(=O)N3C[C@H](CC(=O)/C(=N\OC(C)(C)C(=O)O)c4csc(N)n4)C3=O)c2=O)no1. The first-order chi connectivity index (χ1) is 23.4. The van der Waals surface area contributed by atoms with Crippen molar-refractivity contribution in [3.8, 4) is 17.3 Å². The lowest BCUT2D eigenvalue weighted by Gasteiger charge is -2.36. The van der Waals surface area contributed by atoms with E-state index in [4.69, 9.17) is 15.1 Å². The Labute approximate surface area is 283 Å². The van der Waals surface area contributed by atoms with Gasteiger partial charge in [-0.25, -0.2) is 23.0 Å². The summed E-state index contributed by atoms with van der Waals surface area (Å²) in [4.78, 5) is 88.1. The van der Waals surface area contributed by atoms with E-state index in [-0.39, 0.29) is 45.2 Å². The first-order valence-corrected chi connectivity index (χ1v) is 16.7. The average molecular weight is 734 g/mol. The van der Waals surface area contributed by atoms with E-state index in [2.05, 4.69) is 25.4 Å². The second kappa shape index (κ2) is 13.1. The second-order valence-corrected chi connectivity index (χ2v) is 14.1. The number of anilines is 1.